The maximum absolute atomic E-state index is 13.2. The molecule has 0 saturated heterocycles. The van der Waals surface area contributed by atoms with Crippen molar-refractivity contribution in [1.29, 1.82) is 0 Å². The first kappa shape index (κ1) is 14.3. The molecule has 8 heteroatoms. The van der Waals surface area contributed by atoms with E-state index in [0.29, 0.717) is 6.42 Å². The summed E-state index contributed by atoms with van der Waals surface area (Å²) in [5, 5.41) is 8.53. The predicted octanol–water partition coefficient (Wildman–Crippen LogP) is 0.814. The van der Waals surface area contributed by atoms with Crippen LogP contribution < -0.4 is 4.72 Å². The molecule has 5 nitrogen and oxygen atoms in total. The molecular formula is C9H15F2NO4S. The number of carboxylic acids is 1. The Labute approximate surface area is 98.3 Å². The molecule has 100 valence electrons. The van der Waals surface area contributed by atoms with Crippen LogP contribution in [0.2, 0.25) is 0 Å². The molecule has 1 rings (SSSR count). The van der Waals surface area contributed by atoms with Gasteiger partial charge in [0.05, 0.1) is 5.75 Å². The molecule has 2 N–H and O–H groups in total. The first-order chi connectivity index (χ1) is 7.64. The minimum atomic E-state index is -3.99. The van der Waals surface area contributed by atoms with E-state index in [1.807, 2.05) is 4.72 Å². The van der Waals surface area contributed by atoms with Crippen molar-refractivity contribution in [2.75, 3.05) is 5.75 Å². The van der Waals surface area contributed by atoms with Crippen LogP contribution in [0.1, 0.15) is 26.2 Å². The second kappa shape index (κ2) is 4.85. The number of carboxylic acid groups (broad SMARTS) is 1. The van der Waals surface area contributed by atoms with Gasteiger partial charge in [0.15, 0.2) is 0 Å². The van der Waals surface area contributed by atoms with E-state index >= 15 is 0 Å². The van der Waals surface area contributed by atoms with Gasteiger partial charge in [0.2, 0.25) is 10.0 Å². The number of nitrogens with one attached hydrogen (secondary N) is 1. The molecule has 0 spiro atoms. The molecule has 0 bridgehead atoms. The molecular weight excluding hydrogens is 256 g/mol. The Hall–Kier alpha value is -0.760. The van der Waals surface area contributed by atoms with E-state index < -0.39 is 39.6 Å². The maximum atomic E-state index is 13.2. The Morgan fingerprint density at radius 2 is 2.18 bits per heavy atom. The summed E-state index contributed by atoms with van der Waals surface area (Å²) in [6.07, 6.45) is 0.138. The van der Waals surface area contributed by atoms with Crippen LogP contribution in [0.5, 0.6) is 0 Å². The molecule has 1 aliphatic carbocycles. The van der Waals surface area contributed by atoms with Gasteiger partial charge in [-0.1, -0.05) is 0 Å². The van der Waals surface area contributed by atoms with Gasteiger partial charge in [0.1, 0.15) is 6.04 Å². The highest BCUT2D eigenvalue weighted by Crippen LogP contribution is 2.40. The largest absolute Gasteiger partial charge is 0.480 e. The third-order valence-corrected chi connectivity index (χ3v) is 4.36. The van der Waals surface area contributed by atoms with Crippen LogP contribution in [0.3, 0.4) is 0 Å². The average molecular weight is 271 g/mol. The molecule has 1 saturated carbocycles. The normalized spacial score (nSPS) is 25.7. The van der Waals surface area contributed by atoms with Gasteiger partial charge in [-0.05, 0) is 19.8 Å². The Morgan fingerprint density at radius 3 is 2.59 bits per heavy atom. The smallest absolute Gasteiger partial charge is 0.321 e. The van der Waals surface area contributed by atoms with Crippen LogP contribution in [0.4, 0.5) is 8.78 Å². The quantitative estimate of drug-likeness (QED) is 0.775. The van der Waals surface area contributed by atoms with E-state index in [9.17, 15) is 22.0 Å². The molecule has 0 heterocycles. The van der Waals surface area contributed by atoms with Gasteiger partial charge in [-0.2, -0.15) is 0 Å². The van der Waals surface area contributed by atoms with E-state index in [2.05, 4.69) is 0 Å². The van der Waals surface area contributed by atoms with Crippen molar-refractivity contribution in [3.05, 3.63) is 0 Å². The minimum Gasteiger partial charge on any atom is -0.480 e. The third kappa shape index (κ3) is 3.88. The summed E-state index contributed by atoms with van der Waals surface area (Å²) in [5.74, 6) is -6.26. The Morgan fingerprint density at radius 1 is 1.59 bits per heavy atom. The molecule has 1 fully saturated rings. The van der Waals surface area contributed by atoms with Crippen LogP contribution in [0.15, 0.2) is 0 Å². The summed E-state index contributed by atoms with van der Waals surface area (Å²) >= 11 is 0. The summed E-state index contributed by atoms with van der Waals surface area (Å²) in [7, 11) is -3.99. The summed E-state index contributed by atoms with van der Waals surface area (Å²) < 4.78 is 51.3. The average Bonchev–Trinajstić information content (AvgIpc) is 2.44. The summed E-state index contributed by atoms with van der Waals surface area (Å²) in [6.45, 7) is 1.15. The first-order valence-corrected chi connectivity index (χ1v) is 6.90. The lowest BCUT2D eigenvalue weighted by Crippen LogP contribution is -2.42. The Bertz CT molecular complexity index is 396. The van der Waals surface area contributed by atoms with Gasteiger partial charge >= 0.3 is 5.97 Å². The predicted molar refractivity (Wildman–Crippen MR) is 56.3 cm³/mol. The molecule has 0 aliphatic heterocycles. The van der Waals surface area contributed by atoms with Gasteiger partial charge in [-0.25, -0.2) is 21.9 Å². The number of halogens is 2. The van der Waals surface area contributed by atoms with Crippen molar-refractivity contribution < 1.29 is 27.1 Å². The standard InChI is InChI=1S/C9H15F2NO4S/c1-6(8(13)14)12-17(15,16)5-7-3-2-4-9(7,10)11/h6-7,12H,2-5H2,1H3,(H,13,14). The minimum absolute atomic E-state index is 0.148. The van der Waals surface area contributed by atoms with Crippen LogP contribution in [0, 0.1) is 5.92 Å². The molecule has 0 amide bonds. The molecule has 2 unspecified atom stereocenters. The Kier molecular flexibility index (Phi) is 4.08. The highest BCUT2D eigenvalue weighted by molar-refractivity contribution is 7.89. The zero-order valence-electron chi connectivity index (χ0n) is 9.32. The second-order valence-corrected chi connectivity index (χ2v) is 6.11. The van der Waals surface area contributed by atoms with Gasteiger partial charge in [0.25, 0.3) is 5.92 Å². The second-order valence-electron chi connectivity index (χ2n) is 4.31. The van der Waals surface area contributed by atoms with Crippen molar-refractivity contribution in [2.24, 2.45) is 5.92 Å². The Balaban J connectivity index is 2.64. The number of aliphatic carboxylic acids is 1. The summed E-state index contributed by atoms with van der Waals surface area (Å²) in [4.78, 5) is 10.5. The number of carbonyl (C=O) groups is 1. The van der Waals surface area contributed by atoms with Gasteiger partial charge in [-0.15, -0.1) is 0 Å². The number of hydrogen-bond donors (Lipinski definition) is 2. The lowest BCUT2D eigenvalue weighted by Gasteiger charge is -2.19. The van der Waals surface area contributed by atoms with Crippen molar-refractivity contribution in [3.63, 3.8) is 0 Å². The van der Waals surface area contributed by atoms with E-state index in [0.717, 1.165) is 6.92 Å². The molecule has 0 aromatic carbocycles. The highest BCUT2D eigenvalue weighted by Gasteiger charge is 2.45. The fourth-order valence-electron chi connectivity index (χ4n) is 1.84. The van der Waals surface area contributed by atoms with Crippen LogP contribution in [-0.2, 0) is 14.8 Å². The van der Waals surface area contributed by atoms with E-state index in [-0.39, 0.29) is 12.8 Å². The highest BCUT2D eigenvalue weighted by atomic mass is 32.2. The number of hydrogen-bond acceptors (Lipinski definition) is 3. The summed E-state index contributed by atoms with van der Waals surface area (Å²) in [6, 6.07) is -1.31. The van der Waals surface area contributed by atoms with Crippen LogP contribution in [-0.4, -0.2) is 37.2 Å². The topological polar surface area (TPSA) is 83.5 Å². The third-order valence-electron chi connectivity index (χ3n) is 2.81. The maximum Gasteiger partial charge on any atom is 0.321 e. The van der Waals surface area contributed by atoms with Crippen LogP contribution in [0.25, 0.3) is 0 Å². The summed E-state index contributed by atoms with van der Waals surface area (Å²) in [5.41, 5.74) is 0. The van der Waals surface area contributed by atoms with Gasteiger partial charge in [-0.3, -0.25) is 4.79 Å². The van der Waals surface area contributed by atoms with Crippen molar-refractivity contribution >= 4 is 16.0 Å². The lowest BCUT2D eigenvalue weighted by molar-refractivity contribution is -0.138. The zero-order valence-corrected chi connectivity index (χ0v) is 10.1. The van der Waals surface area contributed by atoms with E-state index in [1.165, 1.54) is 0 Å². The van der Waals surface area contributed by atoms with Gasteiger partial charge in [0, 0.05) is 12.3 Å². The van der Waals surface area contributed by atoms with Crippen molar-refractivity contribution in [3.8, 4) is 0 Å². The van der Waals surface area contributed by atoms with E-state index in [1.54, 1.807) is 0 Å². The molecule has 0 aromatic rings. The van der Waals surface area contributed by atoms with E-state index in [4.69, 9.17) is 5.11 Å². The van der Waals surface area contributed by atoms with Crippen molar-refractivity contribution in [2.45, 2.75) is 38.2 Å². The number of rotatable bonds is 5. The van der Waals surface area contributed by atoms with Crippen LogP contribution >= 0.6 is 0 Å². The molecule has 0 aromatic heterocycles. The van der Waals surface area contributed by atoms with Crippen molar-refractivity contribution in [1.82, 2.24) is 4.72 Å². The number of alkyl halides is 2. The molecule has 2 atom stereocenters. The number of sulfonamides is 1. The lowest BCUT2D eigenvalue weighted by atomic mass is 10.1. The molecule has 1 aliphatic rings. The molecule has 17 heavy (non-hydrogen) atoms. The SMILES string of the molecule is CC(NS(=O)(=O)CC1CCCC1(F)F)C(=O)O. The zero-order chi connectivity index (χ0) is 13.3. The fraction of sp³-hybridized carbons (Fsp3) is 0.889. The first-order valence-electron chi connectivity index (χ1n) is 5.25. The monoisotopic (exact) mass is 271 g/mol. The molecule has 0 radical (unpaired) electrons. The van der Waals surface area contributed by atoms with Gasteiger partial charge < -0.3 is 5.11 Å². The fourth-order valence-corrected chi connectivity index (χ4v) is 3.51.